The van der Waals surface area contributed by atoms with Crippen LogP contribution in [-0.4, -0.2) is 55.3 Å². The number of carbonyl (C=O) groups is 1. The molecule has 0 spiro atoms. The minimum atomic E-state index is -3.55. The first-order chi connectivity index (χ1) is 14.8. The summed E-state index contributed by atoms with van der Waals surface area (Å²) in [6.07, 6.45) is 2.02. The van der Waals surface area contributed by atoms with Crippen LogP contribution in [0.5, 0.6) is 0 Å². The molecule has 0 N–H and O–H groups in total. The zero-order chi connectivity index (χ0) is 22.2. The van der Waals surface area contributed by atoms with Gasteiger partial charge in [0.05, 0.1) is 4.90 Å². The molecule has 0 unspecified atom stereocenters. The molecule has 7 heteroatoms. The fourth-order valence-corrected chi connectivity index (χ4v) is 5.05. The molecule has 6 nitrogen and oxygen atoms in total. The lowest BCUT2D eigenvalue weighted by molar-refractivity contribution is 0.0687. The summed E-state index contributed by atoms with van der Waals surface area (Å²) in [7, 11) is -0.508. The van der Waals surface area contributed by atoms with E-state index in [9.17, 15) is 13.2 Å². The Balaban J connectivity index is 1.80. The standard InChI is InChI=1S/C24H29N3O3S/c1-18-11-13-26(14-12-18)24(28)23-16-20-15-21(31(29,30)25(2)3)9-10-22(20)27(23)17-19-7-5-4-6-8-19/h4-10,15-16,18H,11-14,17H2,1-3H3. The zero-order valence-corrected chi connectivity index (χ0v) is 19.1. The van der Waals surface area contributed by atoms with Crippen molar-refractivity contribution in [3.63, 3.8) is 0 Å². The van der Waals surface area contributed by atoms with Crippen LogP contribution >= 0.6 is 0 Å². The van der Waals surface area contributed by atoms with Crippen LogP contribution in [0.25, 0.3) is 10.9 Å². The Labute approximate surface area is 184 Å². The predicted octanol–water partition coefficient (Wildman–Crippen LogP) is 3.81. The molecule has 0 saturated carbocycles. The van der Waals surface area contributed by atoms with Gasteiger partial charge in [-0.15, -0.1) is 0 Å². The Bertz CT molecular complexity index is 1190. The van der Waals surface area contributed by atoms with E-state index in [1.807, 2.05) is 51.9 Å². The van der Waals surface area contributed by atoms with Crippen molar-refractivity contribution in [1.29, 1.82) is 0 Å². The third-order valence-electron chi connectivity index (χ3n) is 6.12. The summed E-state index contributed by atoms with van der Waals surface area (Å²) in [5, 5.41) is 0.757. The van der Waals surface area contributed by atoms with Crippen LogP contribution < -0.4 is 0 Å². The normalized spacial score (nSPS) is 15.7. The van der Waals surface area contributed by atoms with E-state index in [1.54, 1.807) is 12.1 Å². The largest absolute Gasteiger partial charge is 0.337 e. The molecule has 4 rings (SSSR count). The first kappa shape index (κ1) is 21.6. The van der Waals surface area contributed by atoms with Crippen molar-refractivity contribution < 1.29 is 13.2 Å². The molecule has 1 amide bonds. The Kier molecular flexibility index (Phi) is 5.90. The third-order valence-corrected chi connectivity index (χ3v) is 7.94. The summed E-state index contributed by atoms with van der Waals surface area (Å²) in [5.74, 6) is 0.647. The van der Waals surface area contributed by atoms with E-state index < -0.39 is 10.0 Å². The highest BCUT2D eigenvalue weighted by atomic mass is 32.2. The number of sulfonamides is 1. The molecule has 3 aromatic rings. The number of likely N-dealkylation sites (tertiary alicyclic amines) is 1. The smallest absolute Gasteiger partial charge is 0.270 e. The highest BCUT2D eigenvalue weighted by Gasteiger charge is 2.26. The van der Waals surface area contributed by atoms with Gasteiger partial charge in [0.15, 0.2) is 0 Å². The van der Waals surface area contributed by atoms with Crippen molar-refractivity contribution in [2.24, 2.45) is 5.92 Å². The fraction of sp³-hybridized carbons (Fsp3) is 0.375. The van der Waals surface area contributed by atoms with Gasteiger partial charge in [-0.25, -0.2) is 12.7 Å². The SMILES string of the molecule is CC1CCN(C(=O)c2cc3cc(S(=O)(=O)N(C)C)ccc3n2Cc2ccccc2)CC1. The van der Waals surface area contributed by atoms with Gasteiger partial charge >= 0.3 is 0 Å². The number of aromatic nitrogens is 1. The zero-order valence-electron chi connectivity index (χ0n) is 18.3. The maximum absolute atomic E-state index is 13.5. The molecule has 164 valence electrons. The molecule has 1 aromatic heterocycles. The van der Waals surface area contributed by atoms with E-state index in [1.165, 1.54) is 18.4 Å². The first-order valence-corrected chi connectivity index (χ1v) is 12.1. The van der Waals surface area contributed by atoms with Crippen molar-refractivity contribution in [2.45, 2.75) is 31.2 Å². The van der Waals surface area contributed by atoms with Gasteiger partial charge in [-0.1, -0.05) is 37.3 Å². The second-order valence-corrected chi connectivity index (χ2v) is 10.7. The molecule has 0 atom stereocenters. The van der Waals surface area contributed by atoms with E-state index in [0.717, 1.165) is 42.4 Å². The molecule has 0 radical (unpaired) electrons. The minimum absolute atomic E-state index is 0.0102. The lowest BCUT2D eigenvalue weighted by atomic mass is 9.99. The van der Waals surface area contributed by atoms with Crippen LogP contribution in [0, 0.1) is 5.92 Å². The summed E-state index contributed by atoms with van der Waals surface area (Å²) < 4.78 is 28.4. The number of hydrogen-bond acceptors (Lipinski definition) is 3. The number of carbonyl (C=O) groups excluding carboxylic acids is 1. The summed E-state index contributed by atoms with van der Waals surface area (Å²) in [5.41, 5.74) is 2.55. The predicted molar refractivity (Wildman–Crippen MR) is 123 cm³/mol. The third kappa shape index (κ3) is 4.25. The monoisotopic (exact) mass is 439 g/mol. The number of rotatable bonds is 5. The topological polar surface area (TPSA) is 62.6 Å². The maximum Gasteiger partial charge on any atom is 0.270 e. The molecule has 1 aliphatic heterocycles. The van der Waals surface area contributed by atoms with Crippen LogP contribution in [0.2, 0.25) is 0 Å². The van der Waals surface area contributed by atoms with Gasteiger partial charge in [0, 0.05) is 44.6 Å². The van der Waals surface area contributed by atoms with Crippen molar-refractivity contribution in [1.82, 2.24) is 13.8 Å². The number of hydrogen-bond donors (Lipinski definition) is 0. The van der Waals surface area contributed by atoms with Crippen molar-refractivity contribution in [3.05, 3.63) is 65.9 Å². The highest BCUT2D eigenvalue weighted by Crippen LogP contribution is 2.27. The number of benzene rings is 2. The van der Waals surface area contributed by atoms with Gasteiger partial charge in [-0.3, -0.25) is 4.79 Å². The van der Waals surface area contributed by atoms with Gasteiger partial charge in [0.1, 0.15) is 5.69 Å². The summed E-state index contributed by atoms with van der Waals surface area (Å²) in [6.45, 7) is 4.29. The number of piperidine rings is 1. The second kappa shape index (κ2) is 8.48. The van der Waals surface area contributed by atoms with Crippen LogP contribution in [0.1, 0.15) is 35.8 Å². The molecule has 31 heavy (non-hydrogen) atoms. The number of fused-ring (bicyclic) bond motifs is 1. The Morgan fingerprint density at radius 1 is 1.03 bits per heavy atom. The Hall–Kier alpha value is -2.64. The fourth-order valence-electron chi connectivity index (χ4n) is 4.11. The minimum Gasteiger partial charge on any atom is -0.337 e. The average Bonchev–Trinajstić information content (AvgIpc) is 3.12. The molecule has 0 bridgehead atoms. The molecule has 1 fully saturated rings. The molecule has 1 saturated heterocycles. The summed E-state index contributed by atoms with van der Waals surface area (Å²) >= 11 is 0. The molecule has 2 aromatic carbocycles. The van der Waals surface area contributed by atoms with Crippen molar-refractivity contribution in [3.8, 4) is 0 Å². The summed E-state index contributed by atoms with van der Waals surface area (Å²) in [4.78, 5) is 15.6. The number of nitrogens with zero attached hydrogens (tertiary/aromatic N) is 3. The molecule has 0 aliphatic carbocycles. The van der Waals surface area contributed by atoms with Crippen molar-refractivity contribution in [2.75, 3.05) is 27.2 Å². The lowest BCUT2D eigenvalue weighted by Crippen LogP contribution is -2.38. The second-order valence-electron chi connectivity index (χ2n) is 8.58. The van der Waals surface area contributed by atoms with Crippen LogP contribution in [0.3, 0.4) is 0 Å². The van der Waals surface area contributed by atoms with Crippen LogP contribution in [0.15, 0.2) is 59.5 Å². The molecular formula is C24H29N3O3S. The van der Waals surface area contributed by atoms with E-state index in [-0.39, 0.29) is 10.8 Å². The first-order valence-electron chi connectivity index (χ1n) is 10.7. The van der Waals surface area contributed by atoms with E-state index in [4.69, 9.17) is 0 Å². The maximum atomic E-state index is 13.5. The van der Waals surface area contributed by atoms with Gasteiger partial charge in [-0.2, -0.15) is 0 Å². The van der Waals surface area contributed by atoms with Gasteiger partial charge in [-0.05, 0) is 48.6 Å². The number of amides is 1. The molecule has 1 aliphatic rings. The van der Waals surface area contributed by atoms with Gasteiger partial charge in [0.25, 0.3) is 5.91 Å². The highest BCUT2D eigenvalue weighted by molar-refractivity contribution is 7.89. The van der Waals surface area contributed by atoms with E-state index >= 15 is 0 Å². The Morgan fingerprint density at radius 2 is 1.71 bits per heavy atom. The summed E-state index contributed by atoms with van der Waals surface area (Å²) in [6, 6.07) is 16.9. The van der Waals surface area contributed by atoms with Crippen molar-refractivity contribution >= 4 is 26.8 Å². The quantitative estimate of drug-likeness (QED) is 0.607. The molecular weight excluding hydrogens is 410 g/mol. The van der Waals surface area contributed by atoms with E-state index in [0.29, 0.717) is 18.2 Å². The van der Waals surface area contributed by atoms with Gasteiger partial charge < -0.3 is 9.47 Å². The lowest BCUT2D eigenvalue weighted by Gasteiger charge is -2.30. The molecule has 2 heterocycles. The van der Waals surface area contributed by atoms with Gasteiger partial charge in [0.2, 0.25) is 10.0 Å². The Morgan fingerprint density at radius 3 is 2.35 bits per heavy atom. The van der Waals surface area contributed by atoms with E-state index in [2.05, 4.69) is 6.92 Å². The van der Waals surface area contributed by atoms with Crippen LogP contribution in [0.4, 0.5) is 0 Å². The van der Waals surface area contributed by atoms with Crippen LogP contribution in [-0.2, 0) is 16.6 Å². The average molecular weight is 440 g/mol.